The largest absolute Gasteiger partial charge is 0.422 e. The standard InChI is InChI=1S/C15H20N4O2/c1-10(2)17-14(20)11-5-8-19(9-6-11)15-18-13-12(21-15)4-3-7-16-13/h3-4,7,10-11H,5-6,8-9H2,1-2H3,(H,17,20). The summed E-state index contributed by atoms with van der Waals surface area (Å²) < 4.78 is 5.72. The molecule has 6 heteroatoms. The number of pyridine rings is 1. The summed E-state index contributed by atoms with van der Waals surface area (Å²) in [6.07, 6.45) is 3.35. The van der Waals surface area contributed by atoms with Gasteiger partial charge in [0.15, 0.2) is 5.58 Å². The van der Waals surface area contributed by atoms with Crippen molar-refractivity contribution in [1.82, 2.24) is 15.3 Å². The van der Waals surface area contributed by atoms with E-state index in [1.54, 1.807) is 6.20 Å². The first-order valence-electron chi connectivity index (χ1n) is 7.40. The predicted octanol–water partition coefficient (Wildman–Crippen LogP) is 1.96. The molecule has 3 heterocycles. The minimum Gasteiger partial charge on any atom is -0.422 e. The van der Waals surface area contributed by atoms with Crippen LogP contribution in [-0.4, -0.2) is 35.0 Å². The lowest BCUT2D eigenvalue weighted by Gasteiger charge is -2.30. The molecule has 1 amide bonds. The third kappa shape index (κ3) is 2.99. The van der Waals surface area contributed by atoms with Gasteiger partial charge in [-0.3, -0.25) is 4.79 Å². The minimum atomic E-state index is 0.0890. The number of anilines is 1. The van der Waals surface area contributed by atoms with Gasteiger partial charge in [-0.1, -0.05) is 0 Å². The Morgan fingerprint density at radius 3 is 2.86 bits per heavy atom. The highest BCUT2D eigenvalue weighted by atomic mass is 16.4. The number of rotatable bonds is 3. The fourth-order valence-electron chi connectivity index (χ4n) is 2.63. The van der Waals surface area contributed by atoms with Gasteiger partial charge in [-0.25, -0.2) is 4.98 Å². The van der Waals surface area contributed by atoms with Crippen molar-refractivity contribution in [2.24, 2.45) is 5.92 Å². The van der Waals surface area contributed by atoms with Gasteiger partial charge in [-0.15, -0.1) is 0 Å². The zero-order valence-corrected chi connectivity index (χ0v) is 12.4. The minimum absolute atomic E-state index is 0.0890. The van der Waals surface area contributed by atoms with Crippen molar-refractivity contribution < 1.29 is 9.21 Å². The zero-order valence-electron chi connectivity index (χ0n) is 12.4. The van der Waals surface area contributed by atoms with E-state index in [-0.39, 0.29) is 17.9 Å². The fraction of sp³-hybridized carbons (Fsp3) is 0.533. The Kier molecular flexibility index (Phi) is 3.77. The van der Waals surface area contributed by atoms with Crippen molar-refractivity contribution in [2.75, 3.05) is 18.0 Å². The van der Waals surface area contributed by atoms with E-state index in [0.29, 0.717) is 17.2 Å². The number of amides is 1. The summed E-state index contributed by atoms with van der Waals surface area (Å²) in [6, 6.07) is 4.49. The molecule has 6 nitrogen and oxygen atoms in total. The van der Waals surface area contributed by atoms with Crippen LogP contribution in [0.1, 0.15) is 26.7 Å². The maximum Gasteiger partial charge on any atom is 0.299 e. The lowest BCUT2D eigenvalue weighted by molar-refractivity contribution is -0.126. The van der Waals surface area contributed by atoms with Crippen molar-refractivity contribution >= 4 is 23.2 Å². The van der Waals surface area contributed by atoms with E-state index in [9.17, 15) is 4.79 Å². The van der Waals surface area contributed by atoms with Crippen LogP contribution in [0.2, 0.25) is 0 Å². The van der Waals surface area contributed by atoms with E-state index in [1.807, 2.05) is 26.0 Å². The molecule has 3 rings (SSSR count). The number of fused-ring (bicyclic) bond motifs is 1. The Labute approximate surface area is 123 Å². The number of carbonyl (C=O) groups is 1. The third-order valence-electron chi connectivity index (χ3n) is 3.72. The number of hydrogen-bond acceptors (Lipinski definition) is 5. The Morgan fingerprint density at radius 1 is 1.43 bits per heavy atom. The summed E-state index contributed by atoms with van der Waals surface area (Å²) in [5.74, 6) is 0.245. The van der Waals surface area contributed by atoms with Crippen LogP contribution in [0.25, 0.3) is 11.2 Å². The molecule has 0 bridgehead atoms. The van der Waals surface area contributed by atoms with Crippen molar-refractivity contribution in [3.63, 3.8) is 0 Å². The SMILES string of the molecule is CC(C)NC(=O)C1CCN(c2nc3ncccc3o2)CC1. The number of carbonyl (C=O) groups excluding carboxylic acids is 1. The van der Waals surface area contributed by atoms with Crippen molar-refractivity contribution in [2.45, 2.75) is 32.7 Å². The van der Waals surface area contributed by atoms with Crippen LogP contribution >= 0.6 is 0 Å². The second-order valence-electron chi connectivity index (χ2n) is 5.75. The van der Waals surface area contributed by atoms with Gasteiger partial charge >= 0.3 is 0 Å². The van der Waals surface area contributed by atoms with E-state index in [1.165, 1.54) is 0 Å². The normalized spacial score (nSPS) is 16.6. The first-order valence-corrected chi connectivity index (χ1v) is 7.40. The van der Waals surface area contributed by atoms with Gasteiger partial charge in [0.25, 0.3) is 6.01 Å². The summed E-state index contributed by atoms with van der Waals surface area (Å²) in [6.45, 7) is 5.53. The highest BCUT2D eigenvalue weighted by Gasteiger charge is 2.27. The van der Waals surface area contributed by atoms with Crippen LogP contribution in [0.15, 0.2) is 22.7 Å². The fourth-order valence-corrected chi connectivity index (χ4v) is 2.63. The maximum absolute atomic E-state index is 12.0. The molecule has 1 saturated heterocycles. The molecule has 1 aliphatic rings. The van der Waals surface area contributed by atoms with Crippen LogP contribution in [0.3, 0.4) is 0 Å². The molecule has 2 aromatic rings. The summed E-state index contributed by atoms with van der Waals surface area (Å²) >= 11 is 0. The molecule has 0 saturated carbocycles. The van der Waals surface area contributed by atoms with Crippen LogP contribution in [0, 0.1) is 5.92 Å². The number of piperidine rings is 1. The van der Waals surface area contributed by atoms with Gasteiger partial charge in [0.05, 0.1) is 0 Å². The second-order valence-corrected chi connectivity index (χ2v) is 5.75. The summed E-state index contributed by atoms with van der Waals surface area (Å²) in [4.78, 5) is 22.7. The molecule has 112 valence electrons. The summed E-state index contributed by atoms with van der Waals surface area (Å²) in [5, 5.41) is 2.98. The monoisotopic (exact) mass is 288 g/mol. The van der Waals surface area contributed by atoms with Crippen LogP contribution < -0.4 is 10.2 Å². The van der Waals surface area contributed by atoms with Gasteiger partial charge in [0, 0.05) is 31.2 Å². The molecule has 0 radical (unpaired) electrons. The molecule has 0 atom stereocenters. The molecule has 21 heavy (non-hydrogen) atoms. The Balaban J connectivity index is 1.64. The second kappa shape index (κ2) is 5.71. The van der Waals surface area contributed by atoms with E-state index in [2.05, 4.69) is 20.2 Å². The number of oxazole rings is 1. The van der Waals surface area contributed by atoms with E-state index < -0.39 is 0 Å². The smallest absolute Gasteiger partial charge is 0.299 e. The molecule has 0 spiro atoms. The quantitative estimate of drug-likeness (QED) is 0.935. The molecule has 0 unspecified atom stereocenters. The van der Waals surface area contributed by atoms with E-state index in [0.717, 1.165) is 25.9 Å². The molecular formula is C15H20N4O2. The van der Waals surface area contributed by atoms with Crippen molar-refractivity contribution in [3.8, 4) is 0 Å². The Hall–Kier alpha value is -2.11. The lowest BCUT2D eigenvalue weighted by atomic mass is 9.96. The van der Waals surface area contributed by atoms with E-state index >= 15 is 0 Å². The van der Waals surface area contributed by atoms with Crippen LogP contribution in [0.4, 0.5) is 6.01 Å². The highest BCUT2D eigenvalue weighted by Crippen LogP contribution is 2.25. The van der Waals surface area contributed by atoms with Gasteiger partial charge < -0.3 is 14.6 Å². The third-order valence-corrected chi connectivity index (χ3v) is 3.72. The average Bonchev–Trinajstić information content (AvgIpc) is 2.90. The number of nitrogens with zero attached hydrogens (tertiary/aromatic N) is 3. The van der Waals surface area contributed by atoms with Gasteiger partial charge in [0.2, 0.25) is 11.6 Å². The topological polar surface area (TPSA) is 71.3 Å². The number of hydrogen-bond donors (Lipinski definition) is 1. The first-order chi connectivity index (χ1) is 10.1. The first kappa shape index (κ1) is 13.9. The van der Waals surface area contributed by atoms with E-state index in [4.69, 9.17) is 4.42 Å². The Morgan fingerprint density at radius 2 is 2.19 bits per heavy atom. The van der Waals surface area contributed by atoms with Crippen molar-refractivity contribution in [3.05, 3.63) is 18.3 Å². The lowest BCUT2D eigenvalue weighted by Crippen LogP contribution is -2.42. The molecule has 1 aliphatic heterocycles. The van der Waals surface area contributed by atoms with Gasteiger partial charge in [-0.2, -0.15) is 4.98 Å². The average molecular weight is 288 g/mol. The van der Waals surface area contributed by atoms with Crippen molar-refractivity contribution in [1.29, 1.82) is 0 Å². The van der Waals surface area contributed by atoms with Crippen LogP contribution in [-0.2, 0) is 4.79 Å². The number of aromatic nitrogens is 2. The van der Waals surface area contributed by atoms with Crippen LogP contribution in [0.5, 0.6) is 0 Å². The van der Waals surface area contributed by atoms with Gasteiger partial charge in [-0.05, 0) is 38.8 Å². The Bertz CT molecular complexity index is 596. The summed E-state index contributed by atoms with van der Waals surface area (Å²) in [7, 11) is 0. The highest BCUT2D eigenvalue weighted by molar-refractivity contribution is 5.79. The summed E-state index contributed by atoms with van der Waals surface area (Å²) in [5.41, 5.74) is 1.33. The molecular weight excluding hydrogens is 268 g/mol. The molecule has 2 aromatic heterocycles. The number of nitrogens with one attached hydrogen (secondary N) is 1. The zero-order chi connectivity index (χ0) is 14.8. The molecule has 0 aromatic carbocycles. The molecule has 1 N–H and O–H groups in total. The molecule has 0 aliphatic carbocycles. The van der Waals surface area contributed by atoms with Gasteiger partial charge in [0.1, 0.15) is 0 Å². The predicted molar refractivity (Wildman–Crippen MR) is 80.0 cm³/mol. The maximum atomic E-state index is 12.0. The molecule has 1 fully saturated rings.